The number of aromatic nitrogens is 1. The summed E-state index contributed by atoms with van der Waals surface area (Å²) in [7, 11) is 0. The SMILES string of the molecule is C[C@H](N[C@@H]1CCCC[C@H]1C(N)=O)c1nc2ccccc2o1. The van der Waals surface area contributed by atoms with E-state index in [0.717, 1.165) is 36.8 Å². The van der Waals surface area contributed by atoms with Gasteiger partial charge in [-0.3, -0.25) is 4.79 Å². The normalized spacial score (nSPS) is 24.0. The van der Waals surface area contributed by atoms with E-state index in [4.69, 9.17) is 10.2 Å². The summed E-state index contributed by atoms with van der Waals surface area (Å²) in [6, 6.07) is 7.78. The Balaban J connectivity index is 1.75. The number of carbonyl (C=O) groups is 1. The lowest BCUT2D eigenvalue weighted by atomic mass is 9.83. The number of nitrogens with zero attached hydrogens (tertiary/aromatic N) is 1. The van der Waals surface area contributed by atoms with E-state index in [-0.39, 0.29) is 23.9 Å². The summed E-state index contributed by atoms with van der Waals surface area (Å²) in [5.74, 6) is 0.354. The summed E-state index contributed by atoms with van der Waals surface area (Å²) in [4.78, 5) is 16.1. The van der Waals surface area contributed by atoms with Crippen molar-refractivity contribution in [3.05, 3.63) is 30.2 Å². The van der Waals surface area contributed by atoms with Crippen molar-refractivity contribution in [1.29, 1.82) is 0 Å². The van der Waals surface area contributed by atoms with Crippen LogP contribution in [0.25, 0.3) is 11.1 Å². The van der Waals surface area contributed by atoms with Crippen LogP contribution in [0.2, 0.25) is 0 Å². The van der Waals surface area contributed by atoms with Gasteiger partial charge in [-0.2, -0.15) is 0 Å². The third-order valence-corrected chi connectivity index (χ3v) is 4.28. The van der Waals surface area contributed by atoms with Crippen LogP contribution < -0.4 is 11.1 Å². The van der Waals surface area contributed by atoms with Crippen LogP contribution in [-0.2, 0) is 4.79 Å². The highest BCUT2D eigenvalue weighted by atomic mass is 16.3. The number of carbonyl (C=O) groups excluding carboxylic acids is 1. The number of nitrogens with one attached hydrogen (secondary N) is 1. The van der Waals surface area contributed by atoms with Crippen LogP contribution in [0.4, 0.5) is 0 Å². The molecule has 0 unspecified atom stereocenters. The summed E-state index contributed by atoms with van der Waals surface area (Å²) >= 11 is 0. The molecule has 3 atom stereocenters. The van der Waals surface area contributed by atoms with E-state index in [1.807, 2.05) is 31.2 Å². The van der Waals surface area contributed by atoms with Crippen LogP contribution in [0.15, 0.2) is 28.7 Å². The van der Waals surface area contributed by atoms with Gasteiger partial charge in [0.25, 0.3) is 0 Å². The Hall–Kier alpha value is -1.88. The summed E-state index contributed by atoms with van der Waals surface area (Å²) in [6.45, 7) is 2.01. The molecule has 1 fully saturated rings. The molecule has 2 aromatic rings. The highest BCUT2D eigenvalue weighted by Gasteiger charge is 2.31. The molecule has 0 saturated heterocycles. The molecule has 0 radical (unpaired) electrons. The van der Waals surface area contributed by atoms with Gasteiger partial charge < -0.3 is 15.5 Å². The molecular weight excluding hydrogens is 266 g/mol. The number of hydrogen-bond acceptors (Lipinski definition) is 4. The lowest BCUT2D eigenvalue weighted by Crippen LogP contribution is -2.45. The van der Waals surface area contributed by atoms with E-state index >= 15 is 0 Å². The Morgan fingerprint density at radius 1 is 1.38 bits per heavy atom. The molecule has 1 saturated carbocycles. The molecule has 21 heavy (non-hydrogen) atoms. The highest BCUT2D eigenvalue weighted by Crippen LogP contribution is 2.27. The van der Waals surface area contributed by atoms with Crippen LogP contribution in [-0.4, -0.2) is 16.9 Å². The lowest BCUT2D eigenvalue weighted by molar-refractivity contribution is -0.123. The van der Waals surface area contributed by atoms with Gasteiger partial charge >= 0.3 is 0 Å². The molecule has 112 valence electrons. The fraction of sp³-hybridized carbons (Fsp3) is 0.500. The first-order valence-electron chi connectivity index (χ1n) is 7.56. The molecule has 3 N–H and O–H groups in total. The van der Waals surface area contributed by atoms with Crippen molar-refractivity contribution in [2.24, 2.45) is 11.7 Å². The fourth-order valence-corrected chi connectivity index (χ4v) is 3.14. The number of amides is 1. The minimum Gasteiger partial charge on any atom is -0.439 e. The van der Waals surface area contributed by atoms with Gasteiger partial charge in [-0.25, -0.2) is 4.98 Å². The molecule has 0 aliphatic heterocycles. The Labute approximate surface area is 123 Å². The minimum atomic E-state index is -0.211. The number of rotatable bonds is 4. The predicted octanol–water partition coefficient (Wildman–Crippen LogP) is 2.52. The molecule has 1 aromatic carbocycles. The highest BCUT2D eigenvalue weighted by molar-refractivity contribution is 5.77. The van der Waals surface area contributed by atoms with E-state index in [1.54, 1.807) is 0 Å². The van der Waals surface area contributed by atoms with E-state index in [2.05, 4.69) is 10.3 Å². The maximum absolute atomic E-state index is 11.6. The third-order valence-electron chi connectivity index (χ3n) is 4.28. The average Bonchev–Trinajstić information content (AvgIpc) is 2.91. The summed E-state index contributed by atoms with van der Waals surface area (Å²) in [5.41, 5.74) is 7.16. The number of benzene rings is 1. The van der Waals surface area contributed by atoms with Gasteiger partial charge in [0.2, 0.25) is 11.8 Å². The monoisotopic (exact) mass is 287 g/mol. The van der Waals surface area contributed by atoms with Gasteiger partial charge in [-0.15, -0.1) is 0 Å². The van der Waals surface area contributed by atoms with Crippen LogP contribution >= 0.6 is 0 Å². The molecule has 0 spiro atoms. The summed E-state index contributed by atoms with van der Waals surface area (Å²) in [5, 5.41) is 3.47. The molecule has 5 heteroatoms. The smallest absolute Gasteiger partial charge is 0.222 e. The molecule has 1 aliphatic carbocycles. The Morgan fingerprint density at radius 2 is 2.14 bits per heavy atom. The summed E-state index contributed by atoms with van der Waals surface area (Å²) < 4.78 is 5.78. The molecule has 1 amide bonds. The zero-order valence-electron chi connectivity index (χ0n) is 12.2. The van der Waals surface area contributed by atoms with Crippen molar-refractivity contribution < 1.29 is 9.21 Å². The van der Waals surface area contributed by atoms with Crippen molar-refractivity contribution in [3.8, 4) is 0 Å². The largest absolute Gasteiger partial charge is 0.439 e. The topological polar surface area (TPSA) is 81.1 Å². The first-order valence-corrected chi connectivity index (χ1v) is 7.56. The van der Waals surface area contributed by atoms with Gasteiger partial charge in [0.15, 0.2) is 5.58 Å². The second-order valence-corrected chi connectivity index (χ2v) is 5.81. The zero-order valence-corrected chi connectivity index (χ0v) is 12.2. The van der Waals surface area contributed by atoms with Crippen LogP contribution in [0.5, 0.6) is 0 Å². The maximum Gasteiger partial charge on any atom is 0.222 e. The van der Waals surface area contributed by atoms with Crippen molar-refractivity contribution in [2.75, 3.05) is 0 Å². The number of para-hydroxylation sites is 2. The molecule has 3 rings (SSSR count). The lowest BCUT2D eigenvalue weighted by Gasteiger charge is -2.31. The van der Waals surface area contributed by atoms with Crippen molar-refractivity contribution in [2.45, 2.75) is 44.7 Å². The molecule has 0 bridgehead atoms. The molecule has 1 aliphatic rings. The summed E-state index contributed by atoms with van der Waals surface area (Å²) in [6.07, 6.45) is 4.04. The van der Waals surface area contributed by atoms with Gasteiger partial charge in [-0.1, -0.05) is 25.0 Å². The molecule has 5 nitrogen and oxygen atoms in total. The second-order valence-electron chi connectivity index (χ2n) is 5.81. The number of oxazole rings is 1. The number of nitrogens with two attached hydrogens (primary N) is 1. The standard InChI is InChI=1S/C16H21N3O2/c1-10(16-19-13-8-4-5-9-14(13)21-16)18-12-7-3-2-6-11(12)15(17)20/h4-5,8-12,18H,2-3,6-7H2,1H3,(H2,17,20)/t10-,11+,12+/m0/s1. The van der Waals surface area contributed by atoms with Crippen molar-refractivity contribution in [1.82, 2.24) is 10.3 Å². The number of fused-ring (bicyclic) bond motifs is 1. The molecular formula is C16H21N3O2. The fourth-order valence-electron chi connectivity index (χ4n) is 3.14. The maximum atomic E-state index is 11.6. The Bertz CT molecular complexity index is 604. The van der Waals surface area contributed by atoms with E-state index in [1.165, 1.54) is 0 Å². The molecule has 1 aromatic heterocycles. The molecule has 1 heterocycles. The van der Waals surface area contributed by atoms with E-state index < -0.39 is 0 Å². The Morgan fingerprint density at radius 3 is 2.90 bits per heavy atom. The number of primary amides is 1. The Kier molecular flexibility index (Phi) is 3.92. The van der Waals surface area contributed by atoms with E-state index in [0.29, 0.717) is 5.89 Å². The first-order chi connectivity index (χ1) is 10.1. The quantitative estimate of drug-likeness (QED) is 0.905. The second kappa shape index (κ2) is 5.85. The first kappa shape index (κ1) is 14.1. The van der Waals surface area contributed by atoms with Crippen molar-refractivity contribution >= 4 is 17.0 Å². The van der Waals surface area contributed by atoms with Crippen LogP contribution in [0.1, 0.15) is 44.5 Å². The minimum absolute atomic E-state index is 0.0395. The van der Waals surface area contributed by atoms with Crippen LogP contribution in [0, 0.1) is 5.92 Å². The number of hydrogen-bond donors (Lipinski definition) is 2. The van der Waals surface area contributed by atoms with Gasteiger partial charge in [0.05, 0.1) is 12.0 Å². The van der Waals surface area contributed by atoms with Gasteiger partial charge in [0.1, 0.15) is 5.52 Å². The predicted molar refractivity (Wildman–Crippen MR) is 80.5 cm³/mol. The van der Waals surface area contributed by atoms with Crippen LogP contribution in [0.3, 0.4) is 0 Å². The average molecular weight is 287 g/mol. The van der Waals surface area contributed by atoms with Gasteiger partial charge in [-0.05, 0) is 31.9 Å². The third kappa shape index (κ3) is 2.93. The van der Waals surface area contributed by atoms with Crippen molar-refractivity contribution in [3.63, 3.8) is 0 Å². The zero-order chi connectivity index (χ0) is 14.8. The van der Waals surface area contributed by atoms with Gasteiger partial charge in [0, 0.05) is 6.04 Å². The van der Waals surface area contributed by atoms with E-state index in [9.17, 15) is 4.79 Å².